The van der Waals surface area contributed by atoms with Gasteiger partial charge in [0.1, 0.15) is 5.01 Å². The lowest BCUT2D eigenvalue weighted by atomic mass is 10.3. The first-order chi connectivity index (χ1) is 6.70. The highest BCUT2D eigenvalue weighted by Crippen LogP contribution is 2.34. The minimum atomic E-state index is 0.498. The van der Waals surface area contributed by atoms with E-state index in [1.54, 1.807) is 22.7 Å². The predicted octanol–water partition coefficient (Wildman–Crippen LogP) is 4.68. The molecule has 2 aromatic rings. The van der Waals surface area contributed by atoms with Crippen LogP contribution in [-0.2, 0) is 5.88 Å². The second-order valence-electron chi connectivity index (χ2n) is 2.78. The number of aryl methyl sites for hydroxylation is 1. The lowest BCUT2D eigenvalue weighted by Crippen LogP contribution is -1.76. The second-order valence-corrected chi connectivity index (χ2v) is 6.16. The van der Waals surface area contributed by atoms with Gasteiger partial charge in [0.15, 0.2) is 0 Å². The Hall–Kier alpha value is 0.1000. The van der Waals surface area contributed by atoms with E-state index in [-0.39, 0.29) is 0 Å². The summed E-state index contributed by atoms with van der Waals surface area (Å²) in [6.45, 7) is 2.08. The van der Waals surface area contributed by atoms with Gasteiger partial charge < -0.3 is 0 Å². The van der Waals surface area contributed by atoms with Crippen LogP contribution in [0.1, 0.15) is 9.88 Å². The Labute approximate surface area is 104 Å². The SMILES string of the molecule is Cc1sc(CCl)nc1-c1cc(Br)cs1. The van der Waals surface area contributed by atoms with Crippen molar-refractivity contribution in [3.05, 3.63) is 25.8 Å². The van der Waals surface area contributed by atoms with E-state index >= 15 is 0 Å². The summed E-state index contributed by atoms with van der Waals surface area (Å²) >= 11 is 12.5. The highest BCUT2D eigenvalue weighted by molar-refractivity contribution is 9.10. The minimum absolute atomic E-state index is 0.498. The molecule has 1 nitrogen and oxygen atoms in total. The third kappa shape index (κ3) is 2.03. The van der Waals surface area contributed by atoms with Crippen molar-refractivity contribution in [2.75, 3.05) is 0 Å². The standard InChI is InChI=1S/C9H7BrClNS2/c1-5-9(12-8(3-11)14-5)7-2-6(10)4-13-7/h2,4H,3H2,1H3. The molecule has 0 amide bonds. The quantitative estimate of drug-likeness (QED) is 0.734. The number of thiazole rings is 1. The molecule has 2 heterocycles. The number of rotatable bonds is 2. The Bertz CT molecular complexity index is 449. The van der Waals surface area contributed by atoms with Gasteiger partial charge in [0.25, 0.3) is 0 Å². The summed E-state index contributed by atoms with van der Waals surface area (Å²) in [4.78, 5) is 6.92. The highest BCUT2D eigenvalue weighted by Gasteiger charge is 2.10. The summed E-state index contributed by atoms with van der Waals surface area (Å²) in [7, 11) is 0. The molecule has 0 N–H and O–H groups in total. The van der Waals surface area contributed by atoms with E-state index in [1.807, 2.05) is 0 Å². The molecule has 74 valence electrons. The van der Waals surface area contributed by atoms with Gasteiger partial charge in [0.05, 0.1) is 16.5 Å². The molecule has 0 aliphatic heterocycles. The molecule has 0 saturated heterocycles. The van der Waals surface area contributed by atoms with Gasteiger partial charge in [0, 0.05) is 14.7 Å². The van der Waals surface area contributed by atoms with Crippen molar-refractivity contribution in [1.29, 1.82) is 0 Å². The van der Waals surface area contributed by atoms with Gasteiger partial charge in [-0.1, -0.05) is 0 Å². The molecule has 0 bridgehead atoms. The number of hydrogen-bond acceptors (Lipinski definition) is 3. The average molecular weight is 309 g/mol. The lowest BCUT2D eigenvalue weighted by Gasteiger charge is -1.90. The summed E-state index contributed by atoms with van der Waals surface area (Å²) in [5.41, 5.74) is 1.07. The van der Waals surface area contributed by atoms with Crippen molar-refractivity contribution in [2.24, 2.45) is 0 Å². The monoisotopic (exact) mass is 307 g/mol. The molecule has 14 heavy (non-hydrogen) atoms. The number of nitrogens with zero attached hydrogens (tertiary/aromatic N) is 1. The third-order valence-corrected chi connectivity index (χ3v) is 4.84. The topological polar surface area (TPSA) is 12.9 Å². The molecule has 2 aromatic heterocycles. The van der Waals surface area contributed by atoms with Gasteiger partial charge in [-0.25, -0.2) is 4.98 Å². The van der Waals surface area contributed by atoms with Gasteiger partial charge >= 0.3 is 0 Å². The maximum Gasteiger partial charge on any atom is 0.108 e. The van der Waals surface area contributed by atoms with Crippen molar-refractivity contribution in [1.82, 2.24) is 4.98 Å². The van der Waals surface area contributed by atoms with Gasteiger partial charge in [-0.15, -0.1) is 34.3 Å². The minimum Gasteiger partial charge on any atom is -0.239 e. The third-order valence-electron chi connectivity index (χ3n) is 1.76. The summed E-state index contributed by atoms with van der Waals surface area (Å²) in [5, 5.41) is 3.05. The number of hydrogen-bond donors (Lipinski definition) is 0. The normalized spacial score (nSPS) is 10.8. The Morgan fingerprint density at radius 1 is 1.57 bits per heavy atom. The van der Waals surface area contributed by atoms with E-state index in [1.165, 1.54) is 9.75 Å². The van der Waals surface area contributed by atoms with Crippen LogP contribution in [0.4, 0.5) is 0 Å². The maximum absolute atomic E-state index is 5.75. The average Bonchev–Trinajstić information content (AvgIpc) is 2.71. The van der Waals surface area contributed by atoms with Gasteiger partial charge in [-0.2, -0.15) is 0 Å². The first-order valence-electron chi connectivity index (χ1n) is 3.97. The molecule has 0 fully saturated rings. The zero-order valence-electron chi connectivity index (χ0n) is 7.38. The van der Waals surface area contributed by atoms with Crippen molar-refractivity contribution in [2.45, 2.75) is 12.8 Å². The molecular formula is C9H7BrClNS2. The zero-order chi connectivity index (χ0) is 10.1. The van der Waals surface area contributed by atoms with Crippen molar-refractivity contribution in [3.63, 3.8) is 0 Å². The Morgan fingerprint density at radius 2 is 2.36 bits per heavy atom. The fraction of sp³-hybridized carbons (Fsp3) is 0.222. The van der Waals surface area contributed by atoms with E-state index in [2.05, 4.69) is 39.3 Å². The van der Waals surface area contributed by atoms with Crippen LogP contribution < -0.4 is 0 Å². The van der Waals surface area contributed by atoms with Gasteiger partial charge in [0.2, 0.25) is 0 Å². The number of alkyl halides is 1. The Kier molecular flexibility index (Phi) is 3.27. The Morgan fingerprint density at radius 3 is 2.86 bits per heavy atom. The molecule has 0 aromatic carbocycles. The van der Waals surface area contributed by atoms with Crippen molar-refractivity contribution < 1.29 is 0 Å². The van der Waals surface area contributed by atoms with E-state index in [0.29, 0.717) is 5.88 Å². The number of halogens is 2. The Balaban J connectivity index is 2.45. The maximum atomic E-state index is 5.75. The molecule has 0 aliphatic rings. The number of thiophene rings is 1. The smallest absolute Gasteiger partial charge is 0.108 e. The van der Waals surface area contributed by atoms with Gasteiger partial charge in [-0.3, -0.25) is 0 Å². The van der Waals surface area contributed by atoms with E-state index < -0.39 is 0 Å². The fourth-order valence-corrected chi connectivity index (χ4v) is 3.73. The molecule has 2 rings (SSSR count). The van der Waals surface area contributed by atoms with Crippen LogP contribution in [0.15, 0.2) is 15.9 Å². The number of aromatic nitrogens is 1. The molecule has 0 unspecified atom stereocenters. The fourth-order valence-electron chi connectivity index (χ4n) is 1.17. The van der Waals surface area contributed by atoms with Crippen molar-refractivity contribution in [3.8, 4) is 10.6 Å². The van der Waals surface area contributed by atoms with Crippen LogP contribution in [0.2, 0.25) is 0 Å². The van der Waals surface area contributed by atoms with Crippen LogP contribution in [-0.4, -0.2) is 4.98 Å². The molecule has 0 radical (unpaired) electrons. The van der Waals surface area contributed by atoms with Crippen LogP contribution in [0.3, 0.4) is 0 Å². The molecule has 0 aliphatic carbocycles. The summed E-state index contributed by atoms with van der Waals surface area (Å²) < 4.78 is 1.11. The van der Waals surface area contributed by atoms with Crippen molar-refractivity contribution >= 4 is 50.2 Å². The van der Waals surface area contributed by atoms with E-state index in [9.17, 15) is 0 Å². The lowest BCUT2D eigenvalue weighted by molar-refractivity contribution is 1.26. The second kappa shape index (κ2) is 4.31. The summed E-state index contributed by atoms with van der Waals surface area (Å²) in [5.74, 6) is 0.498. The van der Waals surface area contributed by atoms with Crippen LogP contribution in [0.25, 0.3) is 10.6 Å². The summed E-state index contributed by atoms with van der Waals surface area (Å²) in [6.07, 6.45) is 0. The van der Waals surface area contributed by atoms with Crippen LogP contribution in [0.5, 0.6) is 0 Å². The molecular weight excluding hydrogens is 302 g/mol. The predicted molar refractivity (Wildman–Crippen MR) is 67.4 cm³/mol. The summed E-state index contributed by atoms with van der Waals surface area (Å²) in [6, 6.07) is 2.09. The van der Waals surface area contributed by atoms with Crippen LogP contribution in [0, 0.1) is 6.92 Å². The van der Waals surface area contributed by atoms with Gasteiger partial charge in [-0.05, 0) is 28.9 Å². The van der Waals surface area contributed by atoms with Crippen LogP contribution >= 0.6 is 50.2 Å². The molecule has 0 atom stereocenters. The molecule has 0 saturated carbocycles. The first kappa shape index (κ1) is 10.6. The zero-order valence-corrected chi connectivity index (χ0v) is 11.4. The molecule has 5 heteroatoms. The molecule has 0 spiro atoms. The van der Waals surface area contributed by atoms with E-state index in [4.69, 9.17) is 11.6 Å². The first-order valence-corrected chi connectivity index (χ1v) is 6.99. The van der Waals surface area contributed by atoms with E-state index in [0.717, 1.165) is 15.2 Å². The highest BCUT2D eigenvalue weighted by atomic mass is 79.9. The largest absolute Gasteiger partial charge is 0.239 e.